The van der Waals surface area contributed by atoms with Gasteiger partial charge in [0.15, 0.2) is 5.60 Å². The monoisotopic (exact) mass is 922 g/mol. The summed E-state index contributed by atoms with van der Waals surface area (Å²) in [6.45, 7) is 8.07. The molecule has 0 spiro atoms. The number of ether oxygens (including phenoxy) is 2. The number of aryl methyl sites for hydroxylation is 1. The number of hydrogen-bond acceptors (Lipinski definition) is 11. The molecule has 19 heteroatoms. The summed E-state index contributed by atoms with van der Waals surface area (Å²) in [5.74, 6) is -4.42. The van der Waals surface area contributed by atoms with Gasteiger partial charge in [0.1, 0.15) is 25.2 Å². The Morgan fingerprint density at radius 3 is 2.31 bits per heavy atom. The van der Waals surface area contributed by atoms with E-state index in [0.717, 1.165) is 16.5 Å². The van der Waals surface area contributed by atoms with Crippen molar-refractivity contribution >= 4 is 52.3 Å². The van der Waals surface area contributed by atoms with Crippen LogP contribution in [0.4, 0.5) is 4.39 Å². The zero-order valence-corrected chi connectivity index (χ0v) is 38.3. The number of halogens is 1. The molecule has 3 atom stereocenters. The van der Waals surface area contributed by atoms with Crippen molar-refractivity contribution in [3.8, 4) is 11.4 Å². The third-order valence-electron chi connectivity index (χ3n) is 12.5. The van der Waals surface area contributed by atoms with Crippen LogP contribution >= 0.6 is 0 Å². The number of cyclic esters (lactones) is 1. The number of fused-ring (bicyclic) bond motifs is 5. The highest BCUT2D eigenvalue weighted by Gasteiger charge is 2.49. The smallest absolute Gasteiger partial charge is 0.343 e. The molecule has 6 amide bonds. The molecular formula is C48H55FN8O10. The van der Waals surface area contributed by atoms with E-state index in [1.54, 1.807) is 77.9 Å². The van der Waals surface area contributed by atoms with Crippen molar-refractivity contribution in [1.29, 1.82) is 0 Å². The molecule has 7 rings (SSSR count). The molecule has 354 valence electrons. The molecule has 2 aliphatic heterocycles. The Hall–Kier alpha value is -7.02. The van der Waals surface area contributed by atoms with Crippen LogP contribution in [0.25, 0.3) is 22.3 Å². The maximum Gasteiger partial charge on any atom is 0.343 e. The molecule has 1 aliphatic carbocycles. The third kappa shape index (κ3) is 9.77. The minimum atomic E-state index is -1.85. The van der Waals surface area contributed by atoms with Crippen LogP contribution in [0.2, 0.25) is 0 Å². The van der Waals surface area contributed by atoms with E-state index >= 15 is 4.39 Å². The van der Waals surface area contributed by atoms with E-state index in [1.807, 2.05) is 0 Å². The number of esters is 1. The molecule has 0 saturated carbocycles. The summed E-state index contributed by atoms with van der Waals surface area (Å²) in [6.07, 6.45) is 1.35. The van der Waals surface area contributed by atoms with E-state index in [4.69, 9.17) is 14.5 Å². The lowest BCUT2D eigenvalue weighted by Crippen LogP contribution is -2.53. The molecule has 0 saturated heterocycles. The summed E-state index contributed by atoms with van der Waals surface area (Å²) in [5.41, 5.74) is 2.06. The number of amides is 6. The Balaban J connectivity index is 1.05. The third-order valence-corrected chi connectivity index (χ3v) is 12.5. The van der Waals surface area contributed by atoms with Gasteiger partial charge in [0.2, 0.25) is 35.4 Å². The van der Waals surface area contributed by atoms with E-state index in [9.17, 15) is 38.4 Å². The Morgan fingerprint density at radius 1 is 0.910 bits per heavy atom. The fraction of sp³-hybridized carbons (Fsp3) is 0.438. The number of hydrogen-bond donors (Lipinski definition) is 6. The summed E-state index contributed by atoms with van der Waals surface area (Å²) < 4.78 is 28.6. The van der Waals surface area contributed by atoms with Gasteiger partial charge < -0.3 is 45.9 Å². The first-order chi connectivity index (χ1) is 31.9. The number of rotatable bonds is 16. The van der Waals surface area contributed by atoms with Gasteiger partial charge in [0, 0.05) is 40.8 Å². The summed E-state index contributed by atoms with van der Waals surface area (Å²) in [5, 5.41) is 16.4. The van der Waals surface area contributed by atoms with Crippen molar-refractivity contribution in [3.63, 3.8) is 0 Å². The molecule has 6 N–H and O–H groups in total. The van der Waals surface area contributed by atoms with Crippen LogP contribution < -0.4 is 37.5 Å². The van der Waals surface area contributed by atoms with E-state index in [-0.39, 0.29) is 61.9 Å². The maximum absolute atomic E-state index is 15.4. The van der Waals surface area contributed by atoms with E-state index in [1.165, 1.54) is 10.6 Å². The Labute approximate surface area is 385 Å². The van der Waals surface area contributed by atoms with E-state index in [2.05, 4.69) is 31.9 Å². The standard InChI is InChI=1S/C48H55FN8O10/c1-7-36(58)54-32-15-14-27-25(3)31(49)18-33-40(27)41(32)28-22-57-35(42(28)56-33)17-30-29(44(57)63)23-66-46(65)48(30,8-2)67-24-53-38(60)19-51-43(62)34(16-26-12-10-9-11-13-26)55-39(61)21-50-37(59)20-52-45(64)47(4,5)6/h9-13,17-18,32,34H,7-8,14-16,19-24H2,1-6H3,(H,50,59)(H,51,62)(H,52,64)(H,53,60)(H,54,58)(H,55,61)/t32-,34-,48-/m0/s1. The van der Waals surface area contributed by atoms with Crippen LogP contribution in [0.5, 0.6) is 0 Å². The molecule has 0 radical (unpaired) electrons. The largest absolute Gasteiger partial charge is 0.458 e. The van der Waals surface area contributed by atoms with Gasteiger partial charge in [-0.3, -0.25) is 33.6 Å². The Morgan fingerprint density at radius 2 is 1.61 bits per heavy atom. The van der Waals surface area contributed by atoms with Crippen LogP contribution in [0, 0.1) is 18.2 Å². The molecule has 0 fully saturated rings. The van der Waals surface area contributed by atoms with Gasteiger partial charge in [-0.1, -0.05) is 65.0 Å². The quantitative estimate of drug-likeness (QED) is 0.0620. The molecule has 2 aromatic heterocycles. The molecule has 3 aliphatic rings. The van der Waals surface area contributed by atoms with E-state index < -0.39 is 83.9 Å². The highest BCUT2D eigenvalue weighted by molar-refractivity contribution is 5.95. The minimum Gasteiger partial charge on any atom is -0.458 e. The van der Waals surface area contributed by atoms with Gasteiger partial charge in [-0.25, -0.2) is 14.2 Å². The van der Waals surface area contributed by atoms with Crippen LogP contribution in [-0.4, -0.2) is 83.4 Å². The second-order valence-electron chi connectivity index (χ2n) is 17.9. The molecule has 0 unspecified atom stereocenters. The van der Waals surface area contributed by atoms with E-state index in [0.29, 0.717) is 46.4 Å². The molecule has 18 nitrogen and oxygen atoms in total. The van der Waals surface area contributed by atoms with Gasteiger partial charge in [-0.2, -0.15) is 0 Å². The summed E-state index contributed by atoms with van der Waals surface area (Å²) in [6, 6.07) is 10.3. The summed E-state index contributed by atoms with van der Waals surface area (Å²) >= 11 is 0. The lowest BCUT2D eigenvalue weighted by atomic mass is 9.81. The van der Waals surface area contributed by atoms with Gasteiger partial charge in [-0.15, -0.1) is 0 Å². The van der Waals surface area contributed by atoms with Crippen LogP contribution in [0.1, 0.15) is 98.9 Å². The van der Waals surface area contributed by atoms with Gasteiger partial charge in [-0.05, 0) is 54.5 Å². The summed E-state index contributed by atoms with van der Waals surface area (Å²) in [4.78, 5) is 110. The molecule has 2 aromatic carbocycles. The first-order valence-corrected chi connectivity index (χ1v) is 22.3. The lowest BCUT2D eigenvalue weighted by molar-refractivity contribution is -0.182. The number of pyridine rings is 2. The van der Waals surface area contributed by atoms with Crippen molar-refractivity contribution in [1.82, 2.24) is 41.5 Å². The normalized spacial score (nSPS) is 17.2. The lowest BCUT2D eigenvalue weighted by Gasteiger charge is -2.36. The van der Waals surface area contributed by atoms with Crippen molar-refractivity contribution in [2.24, 2.45) is 5.41 Å². The highest BCUT2D eigenvalue weighted by atomic mass is 19.1. The molecular weight excluding hydrogens is 868 g/mol. The molecule has 0 bridgehead atoms. The number of aromatic nitrogens is 2. The number of benzene rings is 2. The number of nitrogens with one attached hydrogen (secondary N) is 6. The van der Waals surface area contributed by atoms with Crippen molar-refractivity contribution in [2.45, 2.75) is 104 Å². The first kappa shape index (κ1) is 47.9. The average molecular weight is 923 g/mol. The van der Waals surface area contributed by atoms with Crippen molar-refractivity contribution < 1.29 is 47.4 Å². The predicted octanol–water partition coefficient (Wildman–Crippen LogP) is 2.26. The number of nitrogens with zero attached hydrogens (tertiary/aromatic N) is 2. The van der Waals surface area contributed by atoms with Crippen molar-refractivity contribution in [2.75, 3.05) is 26.4 Å². The van der Waals surface area contributed by atoms with Gasteiger partial charge in [0.05, 0.1) is 54.7 Å². The van der Waals surface area contributed by atoms with Gasteiger partial charge in [0.25, 0.3) is 5.56 Å². The van der Waals surface area contributed by atoms with Crippen LogP contribution in [0.15, 0.2) is 47.3 Å². The zero-order valence-electron chi connectivity index (χ0n) is 38.3. The number of carbonyl (C=O) groups is 7. The fourth-order valence-electron chi connectivity index (χ4n) is 8.79. The molecule has 4 heterocycles. The van der Waals surface area contributed by atoms with Crippen LogP contribution in [0.3, 0.4) is 0 Å². The average Bonchev–Trinajstić information content (AvgIpc) is 3.67. The summed E-state index contributed by atoms with van der Waals surface area (Å²) in [7, 11) is 0. The molecule has 67 heavy (non-hydrogen) atoms. The van der Waals surface area contributed by atoms with Crippen molar-refractivity contribution in [3.05, 3.63) is 97.6 Å². The second-order valence-corrected chi connectivity index (χ2v) is 17.9. The first-order valence-electron chi connectivity index (χ1n) is 22.3. The SMILES string of the molecule is CCC(=O)N[C@H]1CCc2c(C)c(F)cc3nc4c(c1c23)Cn1c-4cc2c(c1=O)COC(=O)[C@@]2(CC)OCNC(=O)CNC(=O)[C@H](Cc1ccccc1)NC(=O)CNC(=O)CNC(=O)C(C)(C)C. The predicted molar refractivity (Wildman–Crippen MR) is 241 cm³/mol. The second kappa shape index (κ2) is 19.4. The van der Waals surface area contributed by atoms with Gasteiger partial charge >= 0.3 is 5.97 Å². The minimum absolute atomic E-state index is 0.0105. The zero-order chi connectivity index (χ0) is 48.4. The highest BCUT2D eigenvalue weighted by Crippen LogP contribution is 2.46. The number of carbonyl (C=O) groups excluding carboxylic acids is 7. The molecule has 4 aromatic rings. The topological polar surface area (TPSA) is 245 Å². The Kier molecular flexibility index (Phi) is 13.9. The fourth-order valence-corrected chi connectivity index (χ4v) is 8.79. The van der Waals surface area contributed by atoms with Crippen LogP contribution in [-0.2, 0) is 74.6 Å². The Bertz CT molecular complexity index is 2750. The maximum atomic E-state index is 15.4.